The zero-order chi connectivity index (χ0) is 10.8. The van der Waals surface area contributed by atoms with E-state index < -0.39 is 0 Å². The van der Waals surface area contributed by atoms with Gasteiger partial charge in [0, 0.05) is 32.2 Å². The standard InChI is InChI=1S/C14H26N2/c1-2-4-8-14(7-3-1)11-16(12-14)10-9-15-13-5-6-13/h13,15H,1-12H2. The number of nitrogens with zero attached hydrogens (tertiary/aromatic N) is 1. The van der Waals surface area contributed by atoms with Gasteiger partial charge in [0.15, 0.2) is 0 Å². The third-order valence-corrected chi connectivity index (χ3v) is 4.72. The molecule has 0 aromatic carbocycles. The second kappa shape index (κ2) is 4.66. The summed E-state index contributed by atoms with van der Waals surface area (Å²) in [5.41, 5.74) is 0.760. The zero-order valence-corrected chi connectivity index (χ0v) is 10.5. The van der Waals surface area contributed by atoms with Crippen molar-refractivity contribution in [2.75, 3.05) is 26.2 Å². The molecule has 0 aromatic rings. The fraction of sp³-hybridized carbons (Fsp3) is 1.00. The van der Waals surface area contributed by atoms with Crippen molar-refractivity contribution < 1.29 is 0 Å². The lowest BCUT2D eigenvalue weighted by Gasteiger charge is -2.50. The molecule has 2 nitrogen and oxygen atoms in total. The second-order valence-electron chi connectivity index (χ2n) is 6.35. The second-order valence-corrected chi connectivity index (χ2v) is 6.35. The summed E-state index contributed by atoms with van der Waals surface area (Å²) in [4.78, 5) is 2.67. The lowest BCUT2D eigenvalue weighted by Crippen LogP contribution is -2.57. The van der Waals surface area contributed by atoms with E-state index in [1.165, 1.54) is 77.5 Å². The molecular formula is C14H26N2. The maximum absolute atomic E-state index is 3.62. The van der Waals surface area contributed by atoms with Crippen LogP contribution in [0, 0.1) is 5.41 Å². The first-order chi connectivity index (χ1) is 7.86. The summed E-state index contributed by atoms with van der Waals surface area (Å²) in [6, 6.07) is 0.883. The van der Waals surface area contributed by atoms with Crippen molar-refractivity contribution in [3.05, 3.63) is 0 Å². The molecule has 2 heteroatoms. The monoisotopic (exact) mass is 222 g/mol. The van der Waals surface area contributed by atoms with Crippen LogP contribution in [0.4, 0.5) is 0 Å². The van der Waals surface area contributed by atoms with Crippen LogP contribution in [0.3, 0.4) is 0 Å². The average molecular weight is 222 g/mol. The normalized spacial score (nSPS) is 30.0. The molecule has 92 valence electrons. The molecule has 0 unspecified atom stereocenters. The smallest absolute Gasteiger partial charge is 0.0107 e. The zero-order valence-electron chi connectivity index (χ0n) is 10.5. The van der Waals surface area contributed by atoms with Gasteiger partial charge in [0.2, 0.25) is 0 Å². The molecule has 3 rings (SSSR count). The van der Waals surface area contributed by atoms with Gasteiger partial charge in [0.1, 0.15) is 0 Å². The van der Waals surface area contributed by atoms with Gasteiger partial charge in [0.05, 0.1) is 0 Å². The predicted octanol–water partition coefficient (Wildman–Crippen LogP) is 2.39. The Labute approximate surface area is 99.8 Å². The van der Waals surface area contributed by atoms with Crippen LogP contribution in [-0.4, -0.2) is 37.1 Å². The minimum atomic E-state index is 0.760. The fourth-order valence-electron chi connectivity index (χ4n) is 3.57. The number of hydrogen-bond donors (Lipinski definition) is 1. The fourth-order valence-corrected chi connectivity index (χ4v) is 3.57. The molecule has 1 heterocycles. The Balaban J connectivity index is 1.35. The summed E-state index contributed by atoms with van der Waals surface area (Å²) in [5.74, 6) is 0. The molecule has 3 fully saturated rings. The molecular weight excluding hydrogens is 196 g/mol. The summed E-state index contributed by atoms with van der Waals surface area (Å²) >= 11 is 0. The maximum Gasteiger partial charge on any atom is 0.0107 e. The summed E-state index contributed by atoms with van der Waals surface area (Å²) in [6.07, 6.45) is 11.8. The molecule has 0 radical (unpaired) electrons. The topological polar surface area (TPSA) is 15.3 Å². The molecule has 0 bridgehead atoms. The van der Waals surface area contributed by atoms with Gasteiger partial charge in [0.25, 0.3) is 0 Å². The van der Waals surface area contributed by atoms with E-state index in [0.29, 0.717) is 0 Å². The van der Waals surface area contributed by atoms with Gasteiger partial charge < -0.3 is 10.2 Å². The van der Waals surface area contributed by atoms with Crippen LogP contribution in [0.1, 0.15) is 51.4 Å². The predicted molar refractivity (Wildman–Crippen MR) is 67.6 cm³/mol. The van der Waals surface area contributed by atoms with E-state index in [2.05, 4.69) is 10.2 Å². The van der Waals surface area contributed by atoms with Crippen molar-refractivity contribution in [1.29, 1.82) is 0 Å². The lowest BCUT2D eigenvalue weighted by molar-refractivity contribution is -0.0105. The highest BCUT2D eigenvalue weighted by Gasteiger charge is 2.41. The molecule has 1 spiro atoms. The first kappa shape index (κ1) is 11.0. The average Bonchev–Trinajstić information content (AvgIpc) is 3.01. The Morgan fingerprint density at radius 2 is 1.69 bits per heavy atom. The van der Waals surface area contributed by atoms with Gasteiger partial charge in [-0.25, -0.2) is 0 Å². The van der Waals surface area contributed by atoms with E-state index in [9.17, 15) is 0 Å². The Hall–Kier alpha value is -0.0800. The Kier molecular flexibility index (Phi) is 3.21. The number of hydrogen-bond acceptors (Lipinski definition) is 2. The third-order valence-electron chi connectivity index (χ3n) is 4.72. The van der Waals surface area contributed by atoms with Crippen LogP contribution >= 0.6 is 0 Å². The van der Waals surface area contributed by atoms with E-state index in [1.54, 1.807) is 0 Å². The van der Waals surface area contributed by atoms with Crippen LogP contribution in [0.15, 0.2) is 0 Å². The van der Waals surface area contributed by atoms with E-state index >= 15 is 0 Å². The van der Waals surface area contributed by atoms with Gasteiger partial charge in [-0.15, -0.1) is 0 Å². The largest absolute Gasteiger partial charge is 0.313 e. The van der Waals surface area contributed by atoms with Crippen molar-refractivity contribution in [2.24, 2.45) is 5.41 Å². The minimum absolute atomic E-state index is 0.760. The molecule has 0 amide bonds. The SMILES string of the molecule is C1CCCC2(CC1)CN(CCNC1CC1)C2. The highest BCUT2D eigenvalue weighted by atomic mass is 15.2. The van der Waals surface area contributed by atoms with Crippen LogP contribution in [0.25, 0.3) is 0 Å². The van der Waals surface area contributed by atoms with Crippen molar-refractivity contribution >= 4 is 0 Å². The minimum Gasteiger partial charge on any atom is -0.313 e. The Bertz CT molecular complexity index is 219. The summed E-state index contributed by atoms with van der Waals surface area (Å²) in [7, 11) is 0. The lowest BCUT2D eigenvalue weighted by atomic mass is 9.73. The van der Waals surface area contributed by atoms with Crippen LogP contribution in [0.5, 0.6) is 0 Å². The van der Waals surface area contributed by atoms with Gasteiger partial charge in [-0.2, -0.15) is 0 Å². The quantitative estimate of drug-likeness (QED) is 0.786. The maximum atomic E-state index is 3.62. The van der Waals surface area contributed by atoms with Gasteiger partial charge in [-0.1, -0.05) is 25.7 Å². The van der Waals surface area contributed by atoms with Gasteiger partial charge >= 0.3 is 0 Å². The van der Waals surface area contributed by atoms with E-state index in [0.717, 1.165) is 11.5 Å². The number of likely N-dealkylation sites (tertiary alicyclic amines) is 1. The van der Waals surface area contributed by atoms with Crippen molar-refractivity contribution in [2.45, 2.75) is 57.4 Å². The molecule has 1 saturated heterocycles. The highest BCUT2D eigenvalue weighted by molar-refractivity contribution is 4.96. The van der Waals surface area contributed by atoms with Crippen LogP contribution in [-0.2, 0) is 0 Å². The number of rotatable bonds is 4. The highest BCUT2D eigenvalue weighted by Crippen LogP contribution is 2.42. The molecule has 16 heavy (non-hydrogen) atoms. The molecule has 0 atom stereocenters. The summed E-state index contributed by atoms with van der Waals surface area (Å²) in [6.45, 7) is 5.32. The first-order valence-corrected chi connectivity index (χ1v) is 7.32. The molecule has 2 saturated carbocycles. The van der Waals surface area contributed by atoms with Crippen LogP contribution < -0.4 is 5.32 Å². The van der Waals surface area contributed by atoms with E-state index in [4.69, 9.17) is 0 Å². The summed E-state index contributed by atoms with van der Waals surface area (Å²) < 4.78 is 0. The van der Waals surface area contributed by atoms with E-state index in [1.807, 2.05) is 0 Å². The number of nitrogens with one attached hydrogen (secondary N) is 1. The van der Waals surface area contributed by atoms with Crippen molar-refractivity contribution in [1.82, 2.24) is 10.2 Å². The molecule has 2 aliphatic carbocycles. The first-order valence-electron chi connectivity index (χ1n) is 7.32. The van der Waals surface area contributed by atoms with Crippen molar-refractivity contribution in [3.63, 3.8) is 0 Å². The molecule has 3 aliphatic rings. The molecule has 1 aliphatic heterocycles. The van der Waals surface area contributed by atoms with Crippen molar-refractivity contribution in [3.8, 4) is 0 Å². The van der Waals surface area contributed by atoms with Crippen LogP contribution in [0.2, 0.25) is 0 Å². The molecule has 1 N–H and O–H groups in total. The third kappa shape index (κ3) is 2.60. The Morgan fingerprint density at radius 1 is 1.00 bits per heavy atom. The Morgan fingerprint density at radius 3 is 2.31 bits per heavy atom. The van der Waals surface area contributed by atoms with Gasteiger partial charge in [-0.3, -0.25) is 0 Å². The van der Waals surface area contributed by atoms with E-state index in [-0.39, 0.29) is 0 Å². The van der Waals surface area contributed by atoms with Gasteiger partial charge in [-0.05, 0) is 31.1 Å². The molecule has 0 aromatic heterocycles. The summed E-state index contributed by atoms with van der Waals surface area (Å²) in [5, 5.41) is 3.62.